The van der Waals surface area contributed by atoms with Gasteiger partial charge in [-0.3, -0.25) is 0 Å². The molecule has 78 valence electrons. The second-order valence-electron chi connectivity index (χ2n) is 3.55. The van der Waals surface area contributed by atoms with Crippen molar-refractivity contribution < 1.29 is 4.74 Å². The molecule has 0 bridgehead atoms. The third-order valence-corrected chi connectivity index (χ3v) is 1.90. The number of para-hydroxylation sites is 1. The minimum absolute atomic E-state index is 0.234. The predicted octanol–water partition coefficient (Wildman–Crippen LogP) is 2.58. The second-order valence-corrected chi connectivity index (χ2v) is 3.55. The zero-order chi connectivity index (χ0) is 10.4. The summed E-state index contributed by atoms with van der Waals surface area (Å²) < 4.78 is 5.70. The van der Waals surface area contributed by atoms with E-state index in [1.165, 1.54) is 5.56 Å². The van der Waals surface area contributed by atoms with E-state index in [0.29, 0.717) is 0 Å². The SMILES string of the molecule is CCNCc1ccccc1OC(C)C. The molecule has 0 aliphatic rings. The third-order valence-electron chi connectivity index (χ3n) is 1.90. The molecule has 0 unspecified atom stereocenters. The molecule has 2 heteroatoms. The van der Waals surface area contributed by atoms with Gasteiger partial charge in [-0.2, -0.15) is 0 Å². The molecular formula is C12H19NO. The number of ether oxygens (including phenoxy) is 1. The Morgan fingerprint density at radius 3 is 2.64 bits per heavy atom. The number of rotatable bonds is 5. The summed E-state index contributed by atoms with van der Waals surface area (Å²) in [7, 11) is 0. The Kier molecular flexibility index (Phi) is 4.47. The van der Waals surface area contributed by atoms with Crippen molar-refractivity contribution >= 4 is 0 Å². The van der Waals surface area contributed by atoms with Gasteiger partial charge in [-0.05, 0) is 26.5 Å². The van der Waals surface area contributed by atoms with Crippen LogP contribution in [0.4, 0.5) is 0 Å². The van der Waals surface area contributed by atoms with Crippen LogP contribution in [0.15, 0.2) is 24.3 Å². The Labute approximate surface area is 86.3 Å². The molecular weight excluding hydrogens is 174 g/mol. The van der Waals surface area contributed by atoms with Crippen LogP contribution in [0, 0.1) is 0 Å². The largest absolute Gasteiger partial charge is 0.491 e. The van der Waals surface area contributed by atoms with Gasteiger partial charge in [0.15, 0.2) is 0 Å². The van der Waals surface area contributed by atoms with Gasteiger partial charge in [0.05, 0.1) is 6.10 Å². The Morgan fingerprint density at radius 1 is 1.29 bits per heavy atom. The Bertz CT molecular complexity index is 271. The molecule has 1 aromatic carbocycles. The number of nitrogens with one attached hydrogen (secondary N) is 1. The molecule has 0 heterocycles. The molecule has 0 atom stereocenters. The van der Waals surface area contributed by atoms with Gasteiger partial charge >= 0.3 is 0 Å². The average molecular weight is 193 g/mol. The van der Waals surface area contributed by atoms with Gasteiger partial charge in [-0.15, -0.1) is 0 Å². The minimum atomic E-state index is 0.234. The van der Waals surface area contributed by atoms with E-state index in [2.05, 4.69) is 18.3 Å². The van der Waals surface area contributed by atoms with E-state index in [-0.39, 0.29) is 6.10 Å². The molecule has 0 saturated heterocycles. The highest BCUT2D eigenvalue weighted by Gasteiger charge is 2.03. The smallest absolute Gasteiger partial charge is 0.124 e. The summed E-state index contributed by atoms with van der Waals surface area (Å²) in [4.78, 5) is 0. The van der Waals surface area contributed by atoms with Gasteiger partial charge in [-0.1, -0.05) is 25.1 Å². The molecule has 14 heavy (non-hydrogen) atoms. The van der Waals surface area contributed by atoms with Crippen LogP contribution in [0.2, 0.25) is 0 Å². The standard InChI is InChI=1S/C12H19NO/c1-4-13-9-11-7-5-6-8-12(11)14-10(2)3/h5-8,10,13H,4,9H2,1-3H3. The molecule has 0 saturated carbocycles. The highest BCUT2D eigenvalue weighted by Crippen LogP contribution is 2.18. The summed E-state index contributed by atoms with van der Waals surface area (Å²) in [6.45, 7) is 8.05. The fraction of sp³-hybridized carbons (Fsp3) is 0.500. The lowest BCUT2D eigenvalue weighted by Crippen LogP contribution is -2.14. The van der Waals surface area contributed by atoms with Gasteiger partial charge in [0.2, 0.25) is 0 Å². The predicted molar refractivity (Wildman–Crippen MR) is 59.6 cm³/mol. The summed E-state index contributed by atoms with van der Waals surface area (Å²) in [5.41, 5.74) is 1.23. The van der Waals surface area contributed by atoms with Gasteiger partial charge in [0, 0.05) is 12.1 Å². The molecule has 1 rings (SSSR count). The van der Waals surface area contributed by atoms with Crippen LogP contribution in [0.1, 0.15) is 26.3 Å². The van der Waals surface area contributed by atoms with Gasteiger partial charge < -0.3 is 10.1 Å². The number of hydrogen-bond acceptors (Lipinski definition) is 2. The molecule has 0 spiro atoms. The first-order valence-corrected chi connectivity index (χ1v) is 5.19. The molecule has 0 radical (unpaired) electrons. The second kappa shape index (κ2) is 5.66. The molecule has 0 fully saturated rings. The minimum Gasteiger partial charge on any atom is -0.491 e. The van der Waals surface area contributed by atoms with Crippen molar-refractivity contribution in [2.75, 3.05) is 6.54 Å². The van der Waals surface area contributed by atoms with E-state index in [9.17, 15) is 0 Å². The molecule has 0 aliphatic carbocycles. The van der Waals surface area contributed by atoms with Crippen LogP contribution >= 0.6 is 0 Å². The lowest BCUT2D eigenvalue weighted by molar-refractivity contribution is 0.239. The van der Waals surface area contributed by atoms with Gasteiger partial charge in [0.1, 0.15) is 5.75 Å². The Balaban J connectivity index is 2.69. The van der Waals surface area contributed by atoms with E-state index >= 15 is 0 Å². The molecule has 0 aromatic heterocycles. The summed E-state index contributed by atoms with van der Waals surface area (Å²) >= 11 is 0. The van der Waals surface area contributed by atoms with Crippen molar-refractivity contribution in [1.82, 2.24) is 5.32 Å². The van der Waals surface area contributed by atoms with Crippen LogP contribution < -0.4 is 10.1 Å². The number of benzene rings is 1. The summed E-state index contributed by atoms with van der Waals surface area (Å²) in [6.07, 6.45) is 0.234. The van der Waals surface area contributed by atoms with Crippen molar-refractivity contribution in [3.8, 4) is 5.75 Å². The third kappa shape index (κ3) is 3.38. The number of hydrogen-bond donors (Lipinski definition) is 1. The van der Waals surface area contributed by atoms with Crippen LogP contribution in [-0.2, 0) is 6.54 Å². The fourth-order valence-corrected chi connectivity index (χ4v) is 1.28. The zero-order valence-electron chi connectivity index (χ0n) is 9.21. The Morgan fingerprint density at radius 2 is 2.00 bits per heavy atom. The van der Waals surface area contributed by atoms with E-state index in [0.717, 1.165) is 18.8 Å². The van der Waals surface area contributed by atoms with Crippen LogP contribution in [0.3, 0.4) is 0 Å². The van der Waals surface area contributed by atoms with Crippen molar-refractivity contribution in [3.63, 3.8) is 0 Å². The topological polar surface area (TPSA) is 21.3 Å². The van der Waals surface area contributed by atoms with Gasteiger partial charge in [-0.25, -0.2) is 0 Å². The summed E-state index contributed by atoms with van der Waals surface area (Å²) in [5.74, 6) is 0.989. The van der Waals surface area contributed by atoms with Crippen molar-refractivity contribution in [2.45, 2.75) is 33.4 Å². The maximum Gasteiger partial charge on any atom is 0.124 e. The maximum absolute atomic E-state index is 5.70. The monoisotopic (exact) mass is 193 g/mol. The molecule has 0 aliphatic heterocycles. The molecule has 2 nitrogen and oxygen atoms in total. The molecule has 0 amide bonds. The van der Waals surface area contributed by atoms with Crippen LogP contribution in [-0.4, -0.2) is 12.6 Å². The van der Waals surface area contributed by atoms with Crippen LogP contribution in [0.5, 0.6) is 5.75 Å². The van der Waals surface area contributed by atoms with E-state index in [1.54, 1.807) is 0 Å². The molecule has 1 N–H and O–H groups in total. The lowest BCUT2D eigenvalue weighted by atomic mass is 10.2. The van der Waals surface area contributed by atoms with Crippen molar-refractivity contribution in [2.24, 2.45) is 0 Å². The van der Waals surface area contributed by atoms with E-state index in [1.807, 2.05) is 32.0 Å². The Hall–Kier alpha value is -1.02. The van der Waals surface area contributed by atoms with Gasteiger partial charge in [0.25, 0.3) is 0 Å². The fourth-order valence-electron chi connectivity index (χ4n) is 1.28. The maximum atomic E-state index is 5.70. The average Bonchev–Trinajstić information content (AvgIpc) is 2.16. The lowest BCUT2D eigenvalue weighted by Gasteiger charge is -2.14. The summed E-state index contributed by atoms with van der Waals surface area (Å²) in [6, 6.07) is 8.17. The van der Waals surface area contributed by atoms with E-state index < -0.39 is 0 Å². The highest BCUT2D eigenvalue weighted by molar-refractivity contribution is 5.33. The zero-order valence-corrected chi connectivity index (χ0v) is 9.21. The first kappa shape index (κ1) is 11.1. The van der Waals surface area contributed by atoms with Crippen LogP contribution in [0.25, 0.3) is 0 Å². The first-order chi connectivity index (χ1) is 6.74. The quantitative estimate of drug-likeness (QED) is 0.776. The highest BCUT2D eigenvalue weighted by atomic mass is 16.5. The normalized spacial score (nSPS) is 10.6. The van der Waals surface area contributed by atoms with Crippen molar-refractivity contribution in [1.29, 1.82) is 0 Å². The summed E-state index contributed by atoms with van der Waals surface area (Å²) in [5, 5.41) is 3.30. The molecule has 1 aromatic rings. The first-order valence-electron chi connectivity index (χ1n) is 5.19. The van der Waals surface area contributed by atoms with E-state index in [4.69, 9.17) is 4.74 Å². The van der Waals surface area contributed by atoms with Crippen molar-refractivity contribution in [3.05, 3.63) is 29.8 Å².